The number of hydrogen-bond acceptors (Lipinski definition) is 6. The third-order valence-corrected chi connectivity index (χ3v) is 6.27. The molecule has 0 saturated carbocycles. The summed E-state index contributed by atoms with van der Waals surface area (Å²) in [6, 6.07) is 12.0. The average molecular weight is 423 g/mol. The molecule has 0 saturated heterocycles. The number of ether oxygens (including phenoxy) is 2. The van der Waals surface area contributed by atoms with E-state index in [1.54, 1.807) is 17.8 Å². The lowest BCUT2D eigenvalue weighted by atomic mass is 10.2. The van der Waals surface area contributed by atoms with Crippen molar-refractivity contribution in [1.29, 1.82) is 0 Å². The van der Waals surface area contributed by atoms with Gasteiger partial charge in [-0.25, -0.2) is 13.1 Å². The lowest BCUT2D eigenvalue weighted by Crippen LogP contribution is -2.26. The molecule has 1 heterocycles. The smallest absolute Gasteiger partial charge is 0.240 e. The predicted molar refractivity (Wildman–Crippen MR) is 109 cm³/mol. The minimum Gasteiger partial charge on any atom is -0.486 e. The van der Waals surface area contributed by atoms with E-state index in [4.69, 9.17) is 9.47 Å². The summed E-state index contributed by atoms with van der Waals surface area (Å²) >= 11 is 1.63. The summed E-state index contributed by atoms with van der Waals surface area (Å²) in [5, 5.41) is 2.80. The van der Waals surface area contributed by atoms with Crippen LogP contribution in [-0.4, -0.2) is 40.3 Å². The first-order valence-electron chi connectivity index (χ1n) is 8.81. The Bertz CT molecular complexity index is 930. The molecule has 0 radical (unpaired) electrons. The summed E-state index contributed by atoms with van der Waals surface area (Å²) in [6.07, 6.45) is 2.59. The van der Waals surface area contributed by atoms with Gasteiger partial charge in [-0.1, -0.05) is 0 Å². The highest BCUT2D eigenvalue weighted by atomic mass is 32.2. The Morgan fingerprint density at radius 2 is 1.79 bits per heavy atom. The molecule has 0 unspecified atom stereocenters. The second kappa shape index (κ2) is 9.31. The fourth-order valence-electron chi connectivity index (χ4n) is 2.63. The lowest BCUT2D eigenvalue weighted by Gasteiger charge is -2.18. The van der Waals surface area contributed by atoms with Gasteiger partial charge in [0, 0.05) is 29.6 Å². The fourth-order valence-corrected chi connectivity index (χ4v) is 4.12. The van der Waals surface area contributed by atoms with Crippen LogP contribution in [0.3, 0.4) is 0 Å². The van der Waals surface area contributed by atoms with Gasteiger partial charge in [0.1, 0.15) is 13.2 Å². The summed E-state index contributed by atoms with van der Waals surface area (Å²) in [5.74, 6) is 0.795. The first-order valence-corrected chi connectivity index (χ1v) is 11.5. The third-order valence-electron chi connectivity index (χ3n) is 4.07. The van der Waals surface area contributed by atoms with E-state index in [9.17, 15) is 13.2 Å². The summed E-state index contributed by atoms with van der Waals surface area (Å²) < 4.78 is 38.1. The van der Waals surface area contributed by atoms with Crippen molar-refractivity contribution < 1.29 is 22.7 Å². The second-order valence-corrected chi connectivity index (χ2v) is 8.73. The first-order chi connectivity index (χ1) is 13.5. The molecule has 9 heteroatoms. The van der Waals surface area contributed by atoms with Gasteiger partial charge in [-0.15, -0.1) is 11.8 Å². The van der Waals surface area contributed by atoms with E-state index in [2.05, 4.69) is 10.0 Å². The predicted octanol–water partition coefficient (Wildman–Crippen LogP) is 2.88. The van der Waals surface area contributed by atoms with E-state index in [1.165, 1.54) is 12.1 Å². The normalized spacial score (nSPS) is 13.2. The quantitative estimate of drug-likeness (QED) is 0.502. The van der Waals surface area contributed by atoms with Gasteiger partial charge in [0.25, 0.3) is 0 Å². The molecule has 0 aromatic heterocycles. The molecule has 2 N–H and O–H groups in total. The van der Waals surface area contributed by atoms with Crippen LogP contribution in [0.25, 0.3) is 0 Å². The molecule has 0 fully saturated rings. The monoisotopic (exact) mass is 422 g/mol. The standard InChI is InChI=1S/C19H22N2O5S2/c1-27-15-6-4-14(5-7-15)21-19(22)3-2-10-20-28(23,24)16-8-9-17-18(13-16)26-12-11-25-17/h4-9,13,20H,2-3,10-12H2,1H3,(H,21,22). The summed E-state index contributed by atoms with van der Waals surface area (Å²) in [7, 11) is -3.68. The number of rotatable bonds is 8. The molecule has 1 aliphatic rings. The Morgan fingerprint density at radius 1 is 1.07 bits per heavy atom. The molecule has 2 aromatic rings. The second-order valence-electron chi connectivity index (χ2n) is 6.08. The first kappa shape index (κ1) is 20.5. The fraction of sp³-hybridized carbons (Fsp3) is 0.316. The van der Waals surface area contributed by atoms with Crippen molar-refractivity contribution in [2.75, 3.05) is 31.3 Å². The van der Waals surface area contributed by atoms with Gasteiger partial charge in [0.15, 0.2) is 11.5 Å². The maximum absolute atomic E-state index is 12.4. The van der Waals surface area contributed by atoms with Crippen LogP contribution in [0.2, 0.25) is 0 Å². The average Bonchev–Trinajstić information content (AvgIpc) is 2.71. The summed E-state index contributed by atoms with van der Waals surface area (Å²) in [4.78, 5) is 13.2. The Morgan fingerprint density at radius 3 is 2.50 bits per heavy atom. The van der Waals surface area contributed by atoms with E-state index in [0.29, 0.717) is 31.1 Å². The minimum atomic E-state index is -3.68. The maximum Gasteiger partial charge on any atom is 0.240 e. The summed E-state index contributed by atoms with van der Waals surface area (Å²) in [5.41, 5.74) is 0.722. The van der Waals surface area contributed by atoms with E-state index < -0.39 is 10.0 Å². The number of carbonyl (C=O) groups is 1. The van der Waals surface area contributed by atoms with Crippen molar-refractivity contribution in [1.82, 2.24) is 4.72 Å². The Labute approximate surface area is 168 Å². The van der Waals surface area contributed by atoms with E-state index in [-0.39, 0.29) is 23.8 Å². The SMILES string of the molecule is CSc1ccc(NC(=O)CCCNS(=O)(=O)c2ccc3c(c2)OCCO3)cc1. The molecule has 7 nitrogen and oxygen atoms in total. The molecule has 2 aromatic carbocycles. The number of anilines is 1. The maximum atomic E-state index is 12.4. The molecule has 28 heavy (non-hydrogen) atoms. The van der Waals surface area contributed by atoms with Crippen molar-refractivity contribution in [3.63, 3.8) is 0 Å². The molecule has 1 aliphatic heterocycles. The zero-order chi connectivity index (χ0) is 20.0. The van der Waals surface area contributed by atoms with Crippen LogP contribution in [0.1, 0.15) is 12.8 Å². The number of benzene rings is 2. The van der Waals surface area contributed by atoms with Gasteiger partial charge in [-0.05, 0) is 49.1 Å². The Kier molecular flexibility index (Phi) is 6.82. The number of thioether (sulfide) groups is 1. The van der Waals surface area contributed by atoms with Gasteiger partial charge in [-0.3, -0.25) is 4.79 Å². The van der Waals surface area contributed by atoms with Crippen LogP contribution in [0, 0.1) is 0 Å². The van der Waals surface area contributed by atoms with Crippen molar-refractivity contribution in [3.8, 4) is 11.5 Å². The molecule has 0 bridgehead atoms. The highest BCUT2D eigenvalue weighted by molar-refractivity contribution is 7.98. The van der Waals surface area contributed by atoms with Gasteiger partial charge in [0.2, 0.25) is 15.9 Å². The third kappa shape index (κ3) is 5.40. The van der Waals surface area contributed by atoms with Crippen molar-refractivity contribution in [2.45, 2.75) is 22.6 Å². The van der Waals surface area contributed by atoms with Crippen LogP contribution in [0.15, 0.2) is 52.3 Å². The minimum absolute atomic E-state index is 0.107. The van der Waals surface area contributed by atoms with Crippen LogP contribution < -0.4 is 19.5 Å². The Balaban J connectivity index is 1.46. The highest BCUT2D eigenvalue weighted by Gasteiger charge is 2.19. The van der Waals surface area contributed by atoms with Gasteiger partial charge < -0.3 is 14.8 Å². The molecule has 1 amide bonds. The number of carbonyl (C=O) groups excluding carboxylic acids is 1. The Hall–Kier alpha value is -2.23. The summed E-state index contributed by atoms with van der Waals surface area (Å²) in [6.45, 7) is 0.996. The molecular weight excluding hydrogens is 400 g/mol. The van der Waals surface area contributed by atoms with Crippen LogP contribution >= 0.6 is 11.8 Å². The number of hydrogen-bond donors (Lipinski definition) is 2. The number of nitrogens with one attached hydrogen (secondary N) is 2. The largest absolute Gasteiger partial charge is 0.486 e. The topological polar surface area (TPSA) is 93.7 Å². The highest BCUT2D eigenvalue weighted by Crippen LogP contribution is 2.32. The van der Waals surface area contributed by atoms with E-state index >= 15 is 0 Å². The van der Waals surface area contributed by atoms with Crippen molar-refractivity contribution >= 4 is 33.4 Å². The van der Waals surface area contributed by atoms with Crippen molar-refractivity contribution in [3.05, 3.63) is 42.5 Å². The van der Waals surface area contributed by atoms with Crippen LogP contribution in [0.4, 0.5) is 5.69 Å². The molecule has 0 atom stereocenters. The van der Waals surface area contributed by atoms with Gasteiger partial charge >= 0.3 is 0 Å². The number of sulfonamides is 1. The van der Waals surface area contributed by atoms with Crippen molar-refractivity contribution in [2.24, 2.45) is 0 Å². The molecule has 0 aliphatic carbocycles. The molecule has 150 valence electrons. The van der Waals surface area contributed by atoms with E-state index in [1.807, 2.05) is 30.5 Å². The molecule has 3 rings (SSSR count). The zero-order valence-corrected chi connectivity index (χ0v) is 17.1. The van der Waals surface area contributed by atoms with E-state index in [0.717, 1.165) is 10.6 Å². The molecular formula is C19H22N2O5S2. The number of fused-ring (bicyclic) bond motifs is 1. The van der Waals surface area contributed by atoms with Crippen LogP contribution in [-0.2, 0) is 14.8 Å². The number of amides is 1. The van der Waals surface area contributed by atoms with Gasteiger partial charge in [0.05, 0.1) is 4.90 Å². The lowest BCUT2D eigenvalue weighted by molar-refractivity contribution is -0.116. The van der Waals surface area contributed by atoms with Gasteiger partial charge in [-0.2, -0.15) is 0 Å². The molecule has 0 spiro atoms. The zero-order valence-electron chi connectivity index (χ0n) is 15.4. The van der Waals surface area contributed by atoms with Crippen LogP contribution in [0.5, 0.6) is 11.5 Å².